The van der Waals surface area contributed by atoms with Crippen molar-refractivity contribution in [2.75, 3.05) is 19.8 Å². The molecule has 3 rings (SSSR count). The van der Waals surface area contributed by atoms with E-state index in [9.17, 15) is 9.90 Å². The number of carboxylic acid groups (broad SMARTS) is 1. The highest BCUT2D eigenvalue weighted by molar-refractivity contribution is 6.05. The normalized spacial score (nSPS) is 14.7. The molecule has 118 valence electrons. The zero-order valence-electron chi connectivity index (χ0n) is 13.3. The average molecular weight is 302 g/mol. The Bertz CT molecular complexity index is 733. The smallest absolute Gasteiger partial charge is 0.338 e. The number of carboxylic acids is 1. The van der Waals surface area contributed by atoms with Crippen LogP contribution >= 0.6 is 0 Å². The lowest BCUT2D eigenvalue weighted by atomic mass is 10.0. The molecule has 5 heteroatoms. The maximum absolute atomic E-state index is 11.5. The Balaban J connectivity index is 1.95. The molecule has 22 heavy (non-hydrogen) atoms. The van der Waals surface area contributed by atoms with Crippen molar-refractivity contribution in [3.8, 4) is 0 Å². The van der Waals surface area contributed by atoms with Crippen LogP contribution in [0.25, 0.3) is 10.9 Å². The van der Waals surface area contributed by atoms with E-state index in [4.69, 9.17) is 4.74 Å². The second-order valence-electron chi connectivity index (χ2n) is 5.87. The third-order valence-corrected chi connectivity index (χ3v) is 4.57. The first-order valence-corrected chi connectivity index (χ1v) is 7.67. The lowest BCUT2D eigenvalue weighted by Crippen LogP contribution is -2.21. The molecule has 0 unspecified atom stereocenters. The molecular weight excluding hydrogens is 280 g/mol. The summed E-state index contributed by atoms with van der Waals surface area (Å²) < 4.78 is 7.39. The molecule has 0 amide bonds. The molecule has 5 nitrogen and oxygen atoms in total. The Morgan fingerprint density at radius 1 is 1.32 bits per heavy atom. The Hall–Kier alpha value is -1.85. The van der Waals surface area contributed by atoms with Crippen LogP contribution in [0.2, 0.25) is 0 Å². The molecule has 1 aliphatic heterocycles. The van der Waals surface area contributed by atoms with Gasteiger partial charge in [-0.25, -0.2) is 4.79 Å². The van der Waals surface area contributed by atoms with E-state index in [1.54, 1.807) is 0 Å². The monoisotopic (exact) mass is 302 g/mol. The van der Waals surface area contributed by atoms with Gasteiger partial charge in [0.15, 0.2) is 0 Å². The molecule has 0 saturated carbocycles. The van der Waals surface area contributed by atoms with Gasteiger partial charge in [0.2, 0.25) is 0 Å². The van der Waals surface area contributed by atoms with E-state index in [2.05, 4.69) is 17.0 Å². The van der Waals surface area contributed by atoms with Crippen LogP contribution in [0.15, 0.2) is 12.1 Å². The van der Waals surface area contributed by atoms with E-state index in [1.807, 2.05) is 25.5 Å². The van der Waals surface area contributed by atoms with E-state index in [0.717, 1.165) is 49.4 Å². The van der Waals surface area contributed by atoms with Crippen molar-refractivity contribution < 1.29 is 14.6 Å². The molecule has 1 N–H and O–H groups in total. The third kappa shape index (κ3) is 2.40. The van der Waals surface area contributed by atoms with E-state index in [0.29, 0.717) is 5.56 Å². The van der Waals surface area contributed by atoms with Gasteiger partial charge in [-0.15, -0.1) is 0 Å². The lowest BCUT2D eigenvalue weighted by Gasteiger charge is -2.13. The van der Waals surface area contributed by atoms with E-state index >= 15 is 0 Å². The number of aryl methyl sites for hydroxylation is 1. The Morgan fingerprint density at radius 3 is 2.64 bits per heavy atom. The van der Waals surface area contributed by atoms with Crippen LogP contribution in [-0.4, -0.2) is 40.3 Å². The molecule has 0 bridgehead atoms. The minimum Gasteiger partial charge on any atom is -0.478 e. The fraction of sp³-hybridized carbons (Fsp3) is 0.471. The standard InChI is InChI=1S/C17H22N2O3/c1-4-22-6-5-19-9-12-7-14-15(8-13(12)10-19)18(3)11(2)16(14)17(20)21/h7-8H,4-6,9-10H2,1-3H3,(H,20,21). The summed E-state index contributed by atoms with van der Waals surface area (Å²) in [5.41, 5.74) is 4.76. The number of ether oxygens (including phenoxy) is 1. The van der Waals surface area contributed by atoms with Crippen molar-refractivity contribution in [2.24, 2.45) is 7.05 Å². The van der Waals surface area contributed by atoms with Gasteiger partial charge in [-0.3, -0.25) is 4.90 Å². The Kier molecular flexibility index (Phi) is 3.93. The molecule has 2 aromatic rings. The topological polar surface area (TPSA) is 54.7 Å². The molecule has 1 aromatic carbocycles. The van der Waals surface area contributed by atoms with Crippen molar-refractivity contribution >= 4 is 16.9 Å². The van der Waals surface area contributed by atoms with Gasteiger partial charge in [-0.05, 0) is 37.1 Å². The van der Waals surface area contributed by atoms with Gasteiger partial charge in [0.1, 0.15) is 0 Å². The Morgan fingerprint density at radius 2 is 2.00 bits per heavy atom. The maximum Gasteiger partial charge on any atom is 0.338 e. The number of benzene rings is 1. The lowest BCUT2D eigenvalue weighted by molar-refractivity contribution is 0.0698. The van der Waals surface area contributed by atoms with Crippen LogP contribution in [0.1, 0.15) is 34.1 Å². The molecule has 0 spiro atoms. The number of carbonyl (C=O) groups is 1. The highest BCUT2D eigenvalue weighted by Gasteiger charge is 2.24. The summed E-state index contributed by atoms with van der Waals surface area (Å²) in [7, 11) is 1.93. The highest BCUT2D eigenvalue weighted by atomic mass is 16.5. The number of aromatic carboxylic acids is 1. The zero-order valence-corrected chi connectivity index (χ0v) is 13.3. The summed E-state index contributed by atoms with van der Waals surface area (Å²) in [6.45, 7) is 8.03. The first-order valence-electron chi connectivity index (χ1n) is 7.67. The molecule has 0 radical (unpaired) electrons. The highest BCUT2D eigenvalue weighted by Crippen LogP contribution is 2.32. The number of nitrogens with zero attached hydrogens (tertiary/aromatic N) is 2. The van der Waals surface area contributed by atoms with Gasteiger partial charge in [0, 0.05) is 49.9 Å². The molecule has 1 aromatic heterocycles. The largest absolute Gasteiger partial charge is 0.478 e. The van der Waals surface area contributed by atoms with E-state index < -0.39 is 5.97 Å². The SMILES string of the molecule is CCOCCN1Cc2cc3c(C(=O)O)c(C)n(C)c3cc2C1. The van der Waals surface area contributed by atoms with Crippen molar-refractivity contribution in [1.29, 1.82) is 0 Å². The summed E-state index contributed by atoms with van der Waals surface area (Å²) in [5, 5.41) is 10.3. The van der Waals surface area contributed by atoms with Crippen molar-refractivity contribution in [3.63, 3.8) is 0 Å². The quantitative estimate of drug-likeness (QED) is 0.862. The van der Waals surface area contributed by atoms with Gasteiger partial charge >= 0.3 is 5.97 Å². The van der Waals surface area contributed by atoms with Gasteiger partial charge in [-0.2, -0.15) is 0 Å². The third-order valence-electron chi connectivity index (χ3n) is 4.57. The number of hydrogen-bond acceptors (Lipinski definition) is 3. The molecule has 2 heterocycles. The minimum absolute atomic E-state index is 0.424. The second-order valence-corrected chi connectivity index (χ2v) is 5.87. The van der Waals surface area contributed by atoms with Crippen LogP contribution in [-0.2, 0) is 24.9 Å². The van der Waals surface area contributed by atoms with Crippen molar-refractivity contribution in [2.45, 2.75) is 26.9 Å². The molecule has 0 saturated heterocycles. The number of aromatic nitrogens is 1. The summed E-state index contributed by atoms with van der Waals surface area (Å²) in [6.07, 6.45) is 0. The summed E-state index contributed by atoms with van der Waals surface area (Å²) in [4.78, 5) is 13.9. The van der Waals surface area contributed by atoms with Crippen LogP contribution in [0.5, 0.6) is 0 Å². The van der Waals surface area contributed by atoms with Gasteiger partial charge < -0.3 is 14.4 Å². The summed E-state index contributed by atoms with van der Waals surface area (Å²) in [6, 6.07) is 4.20. The number of hydrogen-bond donors (Lipinski definition) is 1. The van der Waals surface area contributed by atoms with Crippen LogP contribution in [0.4, 0.5) is 0 Å². The fourth-order valence-electron chi connectivity index (χ4n) is 3.30. The van der Waals surface area contributed by atoms with Crippen LogP contribution < -0.4 is 0 Å². The molecule has 0 atom stereocenters. The molecular formula is C17H22N2O3. The van der Waals surface area contributed by atoms with Gasteiger partial charge in [-0.1, -0.05) is 0 Å². The maximum atomic E-state index is 11.5. The van der Waals surface area contributed by atoms with Crippen molar-refractivity contribution in [1.82, 2.24) is 9.47 Å². The zero-order chi connectivity index (χ0) is 15.9. The molecule has 0 aliphatic carbocycles. The molecule has 1 aliphatic rings. The summed E-state index contributed by atoms with van der Waals surface area (Å²) >= 11 is 0. The average Bonchev–Trinajstić information content (AvgIpc) is 2.97. The van der Waals surface area contributed by atoms with Crippen molar-refractivity contribution in [3.05, 3.63) is 34.5 Å². The predicted molar refractivity (Wildman–Crippen MR) is 85.2 cm³/mol. The number of rotatable bonds is 5. The first-order chi connectivity index (χ1) is 10.5. The molecule has 0 fully saturated rings. The van der Waals surface area contributed by atoms with E-state index in [1.165, 1.54) is 11.1 Å². The van der Waals surface area contributed by atoms with Crippen LogP contribution in [0.3, 0.4) is 0 Å². The first kappa shape index (κ1) is 15.1. The minimum atomic E-state index is -0.853. The van der Waals surface area contributed by atoms with Gasteiger partial charge in [0.05, 0.1) is 12.2 Å². The van der Waals surface area contributed by atoms with Gasteiger partial charge in [0.25, 0.3) is 0 Å². The second kappa shape index (κ2) is 5.74. The predicted octanol–water partition coefficient (Wildman–Crippen LogP) is 2.54. The summed E-state index contributed by atoms with van der Waals surface area (Å²) in [5.74, 6) is -0.853. The number of fused-ring (bicyclic) bond motifs is 2. The Labute approximate surface area is 130 Å². The fourth-order valence-corrected chi connectivity index (χ4v) is 3.30. The van der Waals surface area contributed by atoms with E-state index in [-0.39, 0.29) is 0 Å². The van der Waals surface area contributed by atoms with Crippen LogP contribution in [0, 0.1) is 6.92 Å².